The molecular formula is C13H13NO. The molecule has 0 aromatic heterocycles. The molecule has 0 saturated carbocycles. The minimum atomic E-state index is 0.204. The molecule has 1 aliphatic rings. The number of nitrogens with one attached hydrogen (secondary N) is 1. The van der Waals surface area contributed by atoms with Gasteiger partial charge in [0, 0.05) is 18.4 Å². The van der Waals surface area contributed by atoms with E-state index in [1.54, 1.807) is 0 Å². The van der Waals surface area contributed by atoms with Crippen LogP contribution in [0.1, 0.15) is 6.42 Å². The Hall–Kier alpha value is -1.54. The van der Waals surface area contributed by atoms with Crippen molar-refractivity contribution >= 4 is 10.8 Å². The summed E-state index contributed by atoms with van der Waals surface area (Å²) in [5.74, 6) is 0.977. The van der Waals surface area contributed by atoms with E-state index in [0.717, 1.165) is 18.7 Å². The Morgan fingerprint density at radius 2 is 1.87 bits per heavy atom. The van der Waals surface area contributed by atoms with E-state index in [0.29, 0.717) is 0 Å². The summed E-state index contributed by atoms with van der Waals surface area (Å²) in [6.45, 7) is 1.06. The zero-order chi connectivity index (χ0) is 10.1. The van der Waals surface area contributed by atoms with Crippen molar-refractivity contribution in [2.75, 3.05) is 6.54 Å². The molecule has 2 aromatic carbocycles. The molecule has 1 unspecified atom stereocenters. The Balaban J connectivity index is 2.01. The van der Waals surface area contributed by atoms with E-state index in [-0.39, 0.29) is 6.23 Å². The lowest BCUT2D eigenvalue weighted by Gasteiger charge is -2.28. The molecule has 1 atom stereocenters. The molecule has 2 nitrogen and oxygen atoms in total. The maximum absolute atomic E-state index is 5.85. The van der Waals surface area contributed by atoms with Crippen molar-refractivity contribution in [1.82, 2.24) is 5.32 Å². The number of hydrogen-bond donors (Lipinski definition) is 1. The number of fused-ring (bicyclic) bond motifs is 1. The Kier molecular flexibility index (Phi) is 2.07. The fraction of sp³-hybridized carbons (Fsp3) is 0.231. The normalized spacial score (nSPS) is 19.9. The molecule has 76 valence electrons. The van der Waals surface area contributed by atoms with Crippen molar-refractivity contribution < 1.29 is 4.74 Å². The second-order valence-electron chi connectivity index (χ2n) is 3.83. The minimum absolute atomic E-state index is 0.204. The average molecular weight is 199 g/mol. The first-order valence-electron chi connectivity index (χ1n) is 5.31. The maximum Gasteiger partial charge on any atom is 0.151 e. The van der Waals surface area contributed by atoms with E-state index in [1.807, 2.05) is 24.3 Å². The third kappa shape index (κ3) is 1.57. The molecule has 15 heavy (non-hydrogen) atoms. The van der Waals surface area contributed by atoms with Gasteiger partial charge < -0.3 is 4.74 Å². The predicted octanol–water partition coefficient (Wildman–Crippen LogP) is 2.54. The Bertz CT molecular complexity index is 471. The van der Waals surface area contributed by atoms with Gasteiger partial charge in [0.15, 0.2) is 6.23 Å². The van der Waals surface area contributed by atoms with Gasteiger partial charge in [0.05, 0.1) is 0 Å². The Morgan fingerprint density at radius 3 is 2.67 bits per heavy atom. The maximum atomic E-state index is 5.85. The summed E-state index contributed by atoms with van der Waals surface area (Å²) in [6, 6.07) is 14.5. The van der Waals surface area contributed by atoms with Gasteiger partial charge in [-0.1, -0.05) is 36.4 Å². The zero-order valence-electron chi connectivity index (χ0n) is 8.44. The van der Waals surface area contributed by atoms with Crippen LogP contribution in [-0.4, -0.2) is 12.8 Å². The van der Waals surface area contributed by atoms with Gasteiger partial charge in [0.2, 0.25) is 0 Å². The van der Waals surface area contributed by atoms with E-state index in [9.17, 15) is 0 Å². The van der Waals surface area contributed by atoms with Crippen molar-refractivity contribution in [2.45, 2.75) is 12.6 Å². The number of ether oxygens (including phenoxy) is 1. The highest BCUT2D eigenvalue weighted by Crippen LogP contribution is 2.26. The van der Waals surface area contributed by atoms with Crippen LogP contribution in [0.4, 0.5) is 0 Å². The molecule has 2 heteroatoms. The van der Waals surface area contributed by atoms with Gasteiger partial charge in [0.1, 0.15) is 5.75 Å². The molecule has 0 aliphatic carbocycles. The van der Waals surface area contributed by atoms with E-state index >= 15 is 0 Å². The molecule has 0 amide bonds. The molecule has 1 aliphatic heterocycles. The standard InChI is InChI=1S/C13H13NO/c1-2-6-11-10(4-1)5-3-7-12(11)15-13-8-9-14-13/h1-7,13-14H,8-9H2. The number of hydrogen-bond acceptors (Lipinski definition) is 2. The monoisotopic (exact) mass is 199 g/mol. The van der Waals surface area contributed by atoms with Gasteiger partial charge in [-0.2, -0.15) is 0 Å². The summed E-state index contributed by atoms with van der Waals surface area (Å²) in [5.41, 5.74) is 0. The van der Waals surface area contributed by atoms with E-state index in [4.69, 9.17) is 4.74 Å². The van der Waals surface area contributed by atoms with Crippen LogP contribution >= 0.6 is 0 Å². The van der Waals surface area contributed by atoms with Gasteiger partial charge in [0.25, 0.3) is 0 Å². The predicted molar refractivity (Wildman–Crippen MR) is 61.0 cm³/mol. The van der Waals surface area contributed by atoms with Crippen molar-refractivity contribution in [3.8, 4) is 5.75 Å². The molecule has 2 aromatic rings. The molecule has 3 rings (SSSR count). The first-order chi connectivity index (χ1) is 7.43. The van der Waals surface area contributed by atoms with Gasteiger partial charge in [-0.15, -0.1) is 0 Å². The Morgan fingerprint density at radius 1 is 1.07 bits per heavy atom. The summed E-state index contributed by atoms with van der Waals surface area (Å²) in [7, 11) is 0. The van der Waals surface area contributed by atoms with Crippen molar-refractivity contribution in [1.29, 1.82) is 0 Å². The summed E-state index contributed by atoms with van der Waals surface area (Å²) < 4.78 is 5.85. The van der Waals surface area contributed by atoms with Gasteiger partial charge in [-0.05, 0) is 11.5 Å². The second kappa shape index (κ2) is 3.55. The first-order valence-corrected chi connectivity index (χ1v) is 5.31. The lowest BCUT2D eigenvalue weighted by molar-refractivity contribution is 0.100. The summed E-state index contributed by atoms with van der Waals surface area (Å²) >= 11 is 0. The molecule has 0 bridgehead atoms. The Labute approximate surface area is 88.9 Å². The molecule has 0 spiro atoms. The molecule has 1 saturated heterocycles. The van der Waals surface area contributed by atoms with Crippen molar-refractivity contribution in [2.24, 2.45) is 0 Å². The van der Waals surface area contributed by atoms with Gasteiger partial charge in [-0.25, -0.2) is 0 Å². The molecule has 1 N–H and O–H groups in total. The van der Waals surface area contributed by atoms with Crippen LogP contribution in [0.5, 0.6) is 5.75 Å². The third-order valence-corrected chi connectivity index (χ3v) is 2.80. The molecule has 1 heterocycles. The van der Waals surface area contributed by atoms with Crippen LogP contribution in [-0.2, 0) is 0 Å². The summed E-state index contributed by atoms with van der Waals surface area (Å²) in [5, 5.41) is 5.66. The molecular weight excluding hydrogens is 186 g/mol. The van der Waals surface area contributed by atoms with Crippen LogP contribution < -0.4 is 10.1 Å². The first kappa shape index (κ1) is 8.74. The lowest BCUT2D eigenvalue weighted by Crippen LogP contribution is -2.46. The minimum Gasteiger partial charge on any atom is -0.475 e. The van der Waals surface area contributed by atoms with Crippen molar-refractivity contribution in [3.05, 3.63) is 42.5 Å². The third-order valence-electron chi connectivity index (χ3n) is 2.80. The highest BCUT2D eigenvalue weighted by atomic mass is 16.5. The highest BCUT2D eigenvalue weighted by molar-refractivity contribution is 5.88. The molecule has 0 radical (unpaired) electrons. The largest absolute Gasteiger partial charge is 0.475 e. The van der Waals surface area contributed by atoms with Crippen LogP contribution in [0.3, 0.4) is 0 Å². The summed E-state index contributed by atoms with van der Waals surface area (Å²) in [6.07, 6.45) is 1.30. The van der Waals surface area contributed by atoms with E-state index in [2.05, 4.69) is 23.5 Å². The highest BCUT2D eigenvalue weighted by Gasteiger charge is 2.18. The quantitative estimate of drug-likeness (QED) is 0.802. The fourth-order valence-electron chi connectivity index (χ4n) is 1.81. The zero-order valence-corrected chi connectivity index (χ0v) is 8.44. The summed E-state index contributed by atoms with van der Waals surface area (Å²) in [4.78, 5) is 0. The second-order valence-corrected chi connectivity index (χ2v) is 3.83. The van der Waals surface area contributed by atoms with Crippen LogP contribution in [0.15, 0.2) is 42.5 Å². The van der Waals surface area contributed by atoms with E-state index in [1.165, 1.54) is 10.8 Å². The SMILES string of the molecule is c1ccc2c(OC3CCN3)cccc2c1. The topological polar surface area (TPSA) is 21.3 Å². The number of rotatable bonds is 2. The van der Waals surface area contributed by atoms with E-state index < -0.39 is 0 Å². The van der Waals surface area contributed by atoms with Crippen molar-refractivity contribution in [3.63, 3.8) is 0 Å². The number of benzene rings is 2. The average Bonchev–Trinajstić information content (AvgIpc) is 2.23. The van der Waals surface area contributed by atoms with Gasteiger partial charge >= 0.3 is 0 Å². The lowest BCUT2D eigenvalue weighted by atomic mass is 10.1. The van der Waals surface area contributed by atoms with Crippen LogP contribution in [0, 0.1) is 0 Å². The smallest absolute Gasteiger partial charge is 0.151 e. The van der Waals surface area contributed by atoms with Crippen LogP contribution in [0.25, 0.3) is 10.8 Å². The van der Waals surface area contributed by atoms with Crippen LogP contribution in [0.2, 0.25) is 0 Å². The van der Waals surface area contributed by atoms with Gasteiger partial charge in [-0.3, -0.25) is 5.32 Å². The fourth-order valence-corrected chi connectivity index (χ4v) is 1.81. The molecule has 1 fully saturated rings.